The van der Waals surface area contributed by atoms with Gasteiger partial charge in [0.2, 0.25) is 10.0 Å². The molecule has 1 atom stereocenters. The predicted molar refractivity (Wildman–Crippen MR) is 87.8 cm³/mol. The maximum Gasteiger partial charge on any atom is 0.245 e. The van der Waals surface area contributed by atoms with Gasteiger partial charge in [0.1, 0.15) is 10.6 Å². The fourth-order valence-corrected chi connectivity index (χ4v) is 4.51. The maximum atomic E-state index is 13.4. The third-order valence-electron chi connectivity index (χ3n) is 4.35. The molecule has 0 amide bonds. The highest BCUT2D eigenvalue weighted by Crippen LogP contribution is 2.26. The zero-order valence-electron chi connectivity index (χ0n) is 13.9. The summed E-state index contributed by atoms with van der Waals surface area (Å²) in [5.74, 6) is -1.45. The van der Waals surface area contributed by atoms with E-state index in [-0.39, 0.29) is 23.1 Å². The number of nitrogens with one attached hydrogen (secondary N) is 1. The van der Waals surface area contributed by atoms with Gasteiger partial charge in [0.15, 0.2) is 17.4 Å². The van der Waals surface area contributed by atoms with E-state index in [0.29, 0.717) is 24.5 Å². The van der Waals surface area contributed by atoms with E-state index in [1.807, 2.05) is 4.90 Å². The zero-order valence-corrected chi connectivity index (χ0v) is 14.7. The molecule has 0 aliphatic carbocycles. The van der Waals surface area contributed by atoms with Crippen molar-refractivity contribution in [2.45, 2.75) is 25.2 Å². The van der Waals surface area contributed by atoms with Gasteiger partial charge in [0, 0.05) is 31.4 Å². The number of anilines is 1. The van der Waals surface area contributed by atoms with Crippen molar-refractivity contribution in [1.29, 1.82) is 0 Å². The summed E-state index contributed by atoms with van der Waals surface area (Å²) in [5.41, 5.74) is 0.912. The molecule has 0 radical (unpaired) electrons. The van der Waals surface area contributed by atoms with Crippen LogP contribution >= 0.6 is 0 Å². The van der Waals surface area contributed by atoms with Gasteiger partial charge in [-0.2, -0.15) is 0 Å². The lowest BCUT2D eigenvalue weighted by atomic mass is 10.1. The quantitative estimate of drug-likeness (QED) is 0.873. The molecule has 1 unspecified atom stereocenters. The van der Waals surface area contributed by atoms with Gasteiger partial charge < -0.3 is 9.42 Å². The molecule has 1 aliphatic heterocycles. The molecular weight excluding hydrogens is 352 g/mol. The van der Waals surface area contributed by atoms with Crippen molar-refractivity contribution in [1.82, 2.24) is 9.88 Å². The molecule has 0 bridgehead atoms. The first-order valence-electron chi connectivity index (χ1n) is 7.90. The number of sulfonamides is 1. The van der Waals surface area contributed by atoms with Gasteiger partial charge in [-0.15, -0.1) is 0 Å². The first kappa shape index (κ1) is 17.8. The molecule has 1 saturated heterocycles. The van der Waals surface area contributed by atoms with Crippen molar-refractivity contribution in [2.24, 2.45) is 5.92 Å². The summed E-state index contributed by atoms with van der Waals surface area (Å²) in [6.07, 6.45) is 0.753. The number of benzene rings is 1. The van der Waals surface area contributed by atoms with Crippen molar-refractivity contribution in [3.05, 3.63) is 41.3 Å². The van der Waals surface area contributed by atoms with Crippen molar-refractivity contribution in [2.75, 3.05) is 24.5 Å². The number of aromatic nitrogens is 1. The highest BCUT2D eigenvalue weighted by Gasteiger charge is 2.28. The number of hydrogen-bond donors (Lipinski definition) is 1. The number of halogens is 2. The molecule has 2 aromatic rings. The van der Waals surface area contributed by atoms with Gasteiger partial charge in [-0.3, -0.25) is 0 Å². The van der Waals surface area contributed by atoms with Crippen LogP contribution in [0.2, 0.25) is 0 Å². The second-order valence-electron chi connectivity index (χ2n) is 6.20. The Kier molecular flexibility index (Phi) is 4.79. The summed E-state index contributed by atoms with van der Waals surface area (Å²) in [4.78, 5) is 1.99. The van der Waals surface area contributed by atoms with E-state index in [9.17, 15) is 17.2 Å². The highest BCUT2D eigenvalue weighted by molar-refractivity contribution is 7.89. The van der Waals surface area contributed by atoms with E-state index >= 15 is 0 Å². The predicted octanol–water partition coefficient (Wildman–Crippen LogP) is 2.37. The van der Waals surface area contributed by atoms with Gasteiger partial charge in [-0.05, 0) is 38.3 Å². The Balaban J connectivity index is 1.63. The topological polar surface area (TPSA) is 75.4 Å². The van der Waals surface area contributed by atoms with Crippen molar-refractivity contribution in [3.63, 3.8) is 0 Å². The average molecular weight is 371 g/mol. The van der Waals surface area contributed by atoms with Crippen LogP contribution in [-0.4, -0.2) is 33.2 Å². The summed E-state index contributed by atoms with van der Waals surface area (Å²) in [6.45, 7) is 4.60. The normalized spacial score (nSPS) is 18.1. The maximum absolute atomic E-state index is 13.4. The highest BCUT2D eigenvalue weighted by atomic mass is 32.2. The Morgan fingerprint density at radius 1 is 1.32 bits per heavy atom. The summed E-state index contributed by atoms with van der Waals surface area (Å²) in [6, 6.07) is 3.78. The van der Waals surface area contributed by atoms with E-state index in [4.69, 9.17) is 4.52 Å². The first-order valence-corrected chi connectivity index (χ1v) is 9.39. The molecule has 1 aromatic heterocycles. The van der Waals surface area contributed by atoms with Gasteiger partial charge in [0.05, 0.1) is 0 Å². The Morgan fingerprint density at radius 2 is 2.08 bits per heavy atom. The third-order valence-corrected chi connectivity index (χ3v) is 6.02. The third kappa shape index (κ3) is 3.67. The molecule has 0 spiro atoms. The second kappa shape index (κ2) is 6.72. The van der Waals surface area contributed by atoms with Crippen LogP contribution < -0.4 is 9.62 Å². The lowest BCUT2D eigenvalue weighted by molar-refractivity contribution is 0.390. The Morgan fingerprint density at radius 3 is 2.72 bits per heavy atom. The number of aryl methyl sites for hydroxylation is 2. The van der Waals surface area contributed by atoms with Crippen LogP contribution in [0.15, 0.2) is 27.6 Å². The van der Waals surface area contributed by atoms with Gasteiger partial charge in [-0.1, -0.05) is 5.16 Å². The minimum atomic E-state index is -3.69. The molecule has 6 nitrogen and oxygen atoms in total. The smallest absolute Gasteiger partial charge is 0.245 e. The number of hydrogen-bond acceptors (Lipinski definition) is 5. The monoisotopic (exact) mass is 371 g/mol. The number of rotatable bonds is 5. The van der Waals surface area contributed by atoms with E-state index in [0.717, 1.165) is 18.6 Å². The van der Waals surface area contributed by atoms with Crippen LogP contribution in [0.3, 0.4) is 0 Å². The van der Waals surface area contributed by atoms with Crippen LogP contribution in [-0.2, 0) is 10.0 Å². The van der Waals surface area contributed by atoms with E-state index in [1.54, 1.807) is 13.8 Å². The largest absolute Gasteiger partial charge is 0.371 e. The molecule has 1 aliphatic rings. The molecule has 1 fully saturated rings. The van der Waals surface area contributed by atoms with Crippen LogP contribution in [0.4, 0.5) is 14.5 Å². The molecule has 2 heterocycles. The Labute approximate surface area is 144 Å². The lowest BCUT2D eigenvalue weighted by Gasteiger charge is -2.19. The minimum absolute atomic E-state index is 0.0722. The average Bonchev–Trinajstić information content (AvgIpc) is 3.15. The lowest BCUT2D eigenvalue weighted by Crippen LogP contribution is -2.31. The van der Waals surface area contributed by atoms with E-state index in [2.05, 4.69) is 9.88 Å². The Hall–Kier alpha value is -2.00. The zero-order chi connectivity index (χ0) is 18.2. The van der Waals surface area contributed by atoms with Crippen molar-refractivity contribution >= 4 is 15.7 Å². The Bertz CT molecular complexity index is 863. The second-order valence-corrected chi connectivity index (χ2v) is 7.91. The van der Waals surface area contributed by atoms with E-state index in [1.165, 1.54) is 6.07 Å². The molecule has 1 aromatic carbocycles. The van der Waals surface area contributed by atoms with Crippen LogP contribution in [0.25, 0.3) is 0 Å². The van der Waals surface area contributed by atoms with Crippen molar-refractivity contribution < 1.29 is 21.7 Å². The summed E-state index contributed by atoms with van der Waals surface area (Å²) >= 11 is 0. The van der Waals surface area contributed by atoms with Gasteiger partial charge in [0.25, 0.3) is 0 Å². The van der Waals surface area contributed by atoms with Crippen LogP contribution in [0, 0.1) is 31.4 Å². The fourth-order valence-electron chi connectivity index (χ4n) is 3.07. The SMILES string of the molecule is Cc1noc(C)c1S(=O)(=O)NCC1CCN(c2ccc(F)c(F)c2)C1. The minimum Gasteiger partial charge on any atom is -0.371 e. The molecule has 3 rings (SSSR count). The standard InChI is InChI=1S/C16H19F2N3O3S/c1-10-16(11(2)24-20-10)25(22,23)19-8-12-5-6-21(9-12)13-3-4-14(17)15(18)7-13/h3-4,7,12,19H,5-6,8-9H2,1-2H3. The fraction of sp³-hybridized carbons (Fsp3) is 0.438. The summed E-state index contributed by atoms with van der Waals surface area (Å²) in [7, 11) is -3.69. The van der Waals surface area contributed by atoms with Crippen LogP contribution in [0.5, 0.6) is 0 Å². The molecule has 9 heteroatoms. The molecule has 1 N–H and O–H groups in total. The van der Waals surface area contributed by atoms with Crippen LogP contribution in [0.1, 0.15) is 17.9 Å². The van der Waals surface area contributed by atoms with Gasteiger partial charge >= 0.3 is 0 Å². The van der Waals surface area contributed by atoms with Gasteiger partial charge in [-0.25, -0.2) is 21.9 Å². The molecule has 0 saturated carbocycles. The number of nitrogens with zero attached hydrogens (tertiary/aromatic N) is 2. The molecule has 25 heavy (non-hydrogen) atoms. The van der Waals surface area contributed by atoms with E-state index < -0.39 is 21.7 Å². The van der Waals surface area contributed by atoms with Crippen molar-refractivity contribution in [3.8, 4) is 0 Å². The first-order chi connectivity index (χ1) is 11.8. The molecule has 136 valence electrons. The summed E-state index contributed by atoms with van der Waals surface area (Å²) < 4.78 is 58.7. The summed E-state index contributed by atoms with van der Waals surface area (Å²) in [5, 5.41) is 3.66. The molecular formula is C16H19F2N3O3S.